The number of primary amides is 1. The molecule has 1 aliphatic rings. The number of carbonyl (C=O) groups is 2. The molecule has 0 saturated carbocycles. The monoisotopic (exact) mass is 546 g/mol. The molecule has 11 heteroatoms. The molecule has 8 nitrogen and oxygen atoms in total. The summed E-state index contributed by atoms with van der Waals surface area (Å²) in [7, 11) is 0. The van der Waals surface area contributed by atoms with E-state index >= 15 is 0 Å². The lowest BCUT2D eigenvalue weighted by atomic mass is 10.0. The first-order valence-electron chi connectivity index (χ1n) is 12.4. The summed E-state index contributed by atoms with van der Waals surface area (Å²) in [5.74, 6) is -0.683. The maximum atomic E-state index is 13.1. The van der Waals surface area contributed by atoms with Gasteiger partial charge in [-0.05, 0) is 67.1 Å². The highest BCUT2D eigenvalue weighted by atomic mass is 19.4. The number of hydrogen-bond donors (Lipinski definition) is 3. The molecule has 4 aromatic rings. The van der Waals surface area contributed by atoms with Crippen molar-refractivity contribution in [2.24, 2.45) is 5.73 Å². The Balaban J connectivity index is 1.29. The highest BCUT2D eigenvalue weighted by molar-refractivity contribution is 6.04. The lowest BCUT2D eigenvalue weighted by Gasteiger charge is -2.31. The van der Waals surface area contributed by atoms with Crippen molar-refractivity contribution in [3.8, 4) is 0 Å². The summed E-state index contributed by atoms with van der Waals surface area (Å²) in [6.45, 7) is 3.17. The normalized spacial score (nSPS) is 12.9. The molecule has 204 valence electrons. The predicted octanol–water partition coefficient (Wildman–Crippen LogP) is 5.46. The molecule has 4 N–H and O–H groups in total. The van der Waals surface area contributed by atoms with Gasteiger partial charge in [-0.3, -0.25) is 9.59 Å². The highest BCUT2D eigenvalue weighted by Crippen LogP contribution is 2.31. The summed E-state index contributed by atoms with van der Waals surface area (Å²) < 4.78 is 39.2. The van der Waals surface area contributed by atoms with Gasteiger partial charge in [0, 0.05) is 59.5 Å². The second kappa shape index (κ2) is 10.7. The molecule has 1 aliphatic heterocycles. The van der Waals surface area contributed by atoms with Gasteiger partial charge in [0.2, 0.25) is 11.9 Å². The average molecular weight is 547 g/mol. The number of halogens is 3. The Morgan fingerprint density at radius 1 is 0.975 bits per heavy atom. The lowest BCUT2D eigenvalue weighted by molar-refractivity contribution is -0.137. The van der Waals surface area contributed by atoms with E-state index in [0.29, 0.717) is 36.7 Å². The average Bonchev–Trinajstić information content (AvgIpc) is 2.93. The van der Waals surface area contributed by atoms with Crippen molar-refractivity contribution in [2.75, 3.05) is 22.1 Å². The largest absolute Gasteiger partial charge is 0.416 e. The summed E-state index contributed by atoms with van der Waals surface area (Å²) in [6.07, 6.45) is -2.10. The van der Waals surface area contributed by atoms with E-state index < -0.39 is 23.6 Å². The molecule has 0 atom stereocenters. The number of amides is 2. The number of nitrogens with one attached hydrogen (secondary N) is 2. The first-order valence-corrected chi connectivity index (χ1v) is 12.4. The Labute approximate surface area is 228 Å². The number of rotatable bonds is 6. The number of hydrogen-bond acceptors (Lipinski definition) is 6. The van der Waals surface area contributed by atoms with Crippen LogP contribution < -0.4 is 21.3 Å². The molecule has 0 saturated heterocycles. The fraction of sp³-hybridized carbons (Fsp3) is 0.172. The predicted molar refractivity (Wildman–Crippen MR) is 146 cm³/mol. The third-order valence-electron chi connectivity index (χ3n) is 6.62. The minimum Gasteiger partial charge on any atom is -0.366 e. The summed E-state index contributed by atoms with van der Waals surface area (Å²) >= 11 is 0. The van der Waals surface area contributed by atoms with Crippen molar-refractivity contribution in [3.63, 3.8) is 0 Å². The van der Waals surface area contributed by atoms with Crippen LogP contribution in [-0.2, 0) is 19.1 Å². The van der Waals surface area contributed by atoms with Gasteiger partial charge in [-0.2, -0.15) is 13.2 Å². The molecule has 0 bridgehead atoms. The number of nitrogens with zero attached hydrogens (tertiary/aromatic N) is 3. The van der Waals surface area contributed by atoms with Crippen LogP contribution in [0.2, 0.25) is 0 Å². The van der Waals surface area contributed by atoms with Crippen LogP contribution in [0.3, 0.4) is 0 Å². The number of anilines is 4. The molecule has 0 unspecified atom stereocenters. The molecular weight excluding hydrogens is 521 g/mol. The number of benzene rings is 3. The standard InChI is InChI=1S/C29H25F3N6O2/c1-17-5-8-23(35-27(40)19-3-2-4-21(13-19)29(30,31)32)14-25(17)38-12-11-24-20(16-38)15-34-28(37-24)36-22-9-6-18(7-10-22)26(33)39/h2-10,13-15H,11-12,16H2,1H3,(H2,33,39)(H,35,40)(H,34,36,37). The van der Waals surface area contributed by atoms with Crippen LogP contribution in [0.5, 0.6) is 0 Å². The Kier molecular flexibility index (Phi) is 7.12. The number of alkyl halides is 3. The fourth-order valence-corrected chi connectivity index (χ4v) is 4.50. The molecule has 0 radical (unpaired) electrons. The van der Waals surface area contributed by atoms with Gasteiger partial charge in [-0.25, -0.2) is 9.97 Å². The zero-order chi connectivity index (χ0) is 28.4. The Hall–Kier alpha value is -4.93. The van der Waals surface area contributed by atoms with Gasteiger partial charge in [0.05, 0.1) is 11.3 Å². The van der Waals surface area contributed by atoms with Crippen LogP contribution in [0.1, 0.15) is 43.1 Å². The minimum absolute atomic E-state index is 0.0748. The summed E-state index contributed by atoms with van der Waals surface area (Å²) in [6, 6.07) is 16.4. The topological polar surface area (TPSA) is 113 Å². The first kappa shape index (κ1) is 26.7. The molecule has 1 aromatic heterocycles. The third kappa shape index (κ3) is 5.88. The van der Waals surface area contributed by atoms with Crippen LogP contribution in [0.15, 0.2) is 72.9 Å². The van der Waals surface area contributed by atoms with Crippen LogP contribution in [0.25, 0.3) is 0 Å². The van der Waals surface area contributed by atoms with Gasteiger partial charge >= 0.3 is 6.18 Å². The molecule has 2 amide bonds. The van der Waals surface area contributed by atoms with E-state index in [-0.39, 0.29) is 5.56 Å². The number of carbonyl (C=O) groups excluding carboxylic acids is 2. The molecule has 3 aromatic carbocycles. The quantitative estimate of drug-likeness (QED) is 0.296. The molecular formula is C29H25F3N6O2. The van der Waals surface area contributed by atoms with Crippen molar-refractivity contribution in [1.29, 1.82) is 0 Å². The smallest absolute Gasteiger partial charge is 0.366 e. The number of nitrogens with two attached hydrogens (primary N) is 1. The molecule has 0 spiro atoms. The zero-order valence-electron chi connectivity index (χ0n) is 21.4. The molecule has 5 rings (SSSR count). The Bertz CT molecular complexity index is 1590. The Morgan fingerprint density at radius 2 is 1.73 bits per heavy atom. The minimum atomic E-state index is -4.53. The summed E-state index contributed by atoms with van der Waals surface area (Å²) in [4.78, 5) is 35.2. The van der Waals surface area contributed by atoms with E-state index in [1.165, 1.54) is 12.1 Å². The maximum Gasteiger partial charge on any atom is 0.416 e. The van der Waals surface area contributed by atoms with Gasteiger partial charge in [0.15, 0.2) is 0 Å². The molecule has 2 heterocycles. The van der Waals surface area contributed by atoms with Crippen LogP contribution in [0.4, 0.5) is 36.2 Å². The zero-order valence-corrected chi connectivity index (χ0v) is 21.4. The van der Waals surface area contributed by atoms with E-state index in [9.17, 15) is 22.8 Å². The van der Waals surface area contributed by atoms with Crippen molar-refractivity contribution in [3.05, 3.63) is 106 Å². The number of fused-ring (bicyclic) bond motifs is 1. The van der Waals surface area contributed by atoms with Crippen LogP contribution >= 0.6 is 0 Å². The van der Waals surface area contributed by atoms with Gasteiger partial charge in [0.25, 0.3) is 5.91 Å². The van der Waals surface area contributed by atoms with Crippen LogP contribution in [0, 0.1) is 6.92 Å². The lowest BCUT2D eigenvalue weighted by Crippen LogP contribution is -2.32. The van der Waals surface area contributed by atoms with Crippen molar-refractivity contribution >= 4 is 34.8 Å². The molecule has 0 fully saturated rings. The van der Waals surface area contributed by atoms with E-state index in [2.05, 4.69) is 25.5 Å². The number of aromatic nitrogens is 2. The van der Waals surface area contributed by atoms with E-state index in [4.69, 9.17) is 5.73 Å². The first-order chi connectivity index (χ1) is 19.1. The van der Waals surface area contributed by atoms with Gasteiger partial charge in [0.1, 0.15) is 0 Å². The fourth-order valence-electron chi connectivity index (χ4n) is 4.50. The SMILES string of the molecule is Cc1ccc(NC(=O)c2cccc(C(F)(F)F)c2)cc1N1CCc2nc(Nc3ccc(C(N)=O)cc3)ncc2C1. The third-order valence-corrected chi connectivity index (χ3v) is 6.62. The molecule has 40 heavy (non-hydrogen) atoms. The van der Waals surface area contributed by atoms with E-state index in [0.717, 1.165) is 40.3 Å². The van der Waals surface area contributed by atoms with Crippen molar-refractivity contribution in [2.45, 2.75) is 26.1 Å². The summed E-state index contributed by atoms with van der Waals surface area (Å²) in [5, 5.41) is 5.84. The van der Waals surface area contributed by atoms with Crippen molar-refractivity contribution in [1.82, 2.24) is 9.97 Å². The van der Waals surface area contributed by atoms with Crippen LogP contribution in [-0.4, -0.2) is 28.3 Å². The Morgan fingerprint density at radius 3 is 2.45 bits per heavy atom. The number of aryl methyl sites for hydroxylation is 1. The molecule has 0 aliphatic carbocycles. The second-order valence-electron chi connectivity index (χ2n) is 9.44. The summed E-state index contributed by atoms with van der Waals surface area (Å²) in [5.41, 5.74) is 9.69. The van der Waals surface area contributed by atoms with Gasteiger partial charge < -0.3 is 21.3 Å². The second-order valence-corrected chi connectivity index (χ2v) is 9.44. The van der Waals surface area contributed by atoms with E-state index in [1.807, 2.05) is 19.1 Å². The van der Waals surface area contributed by atoms with Gasteiger partial charge in [-0.15, -0.1) is 0 Å². The van der Waals surface area contributed by atoms with Crippen molar-refractivity contribution < 1.29 is 22.8 Å². The highest BCUT2D eigenvalue weighted by Gasteiger charge is 2.31. The van der Waals surface area contributed by atoms with E-state index in [1.54, 1.807) is 36.5 Å². The van der Waals surface area contributed by atoms with Gasteiger partial charge in [-0.1, -0.05) is 12.1 Å². The maximum absolute atomic E-state index is 13.1.